The van der Waals surface area contributed by atoms with Gasteiger partial charge >= 0.3 is 0 Å². The van der Waals surface area contributed by atoms with Gasteiger partial charge < -0.3 is 10.1 Å². The molecule has 27 heavy (non-hydrogen) atoms. The summed E-state index contributed by atoms with van der Waals surface area (Å²) in [5, 5.41) is 7.55. The molecule has 142 valence electrons. The minimum Gasteiger partial charge on any atom is -0.497 e. The number of aromatic nitrogens is 2. The van der Waals surface area contributed by atoms with Gasteiger partial charge in [0.05, 0.1) is 17.8 Å². The summed E-state index contributed by atoms with van der Waals surface area (Å²) in [6.45, 7) is 1.65. The molecule has 0 aliphatic carbocycles. The molecule has 0 aliphatic heterocycles. The van der Waals surface area contributed by atoms with Crippen LogP contribution in [0.5, 0.6) is 5.75 Å². The van der Waals surface area contributed by atoms with E-state index in [-0.39, 0.29) is 22.9 Å². The number of ether oxygens (including phenoxy) is 1. The highest BCUT2D eigenvalue weighted by atomic mass is 35.5. The molecular formula is C19H17ClF3N3O. The molecule has 0 bridgehead atoms. The zero-order valence-electron chi connectivity index (χ0n) is 14.9. The third kappa shape index (κ3) is 3.73. The van der Waals surface area contributed by atoms with Gasteiger partial charge in [-0.15, -0.1) is 0 Å². The zero-order chi connectivity index (χ0) is 19.7. The quantitative estimate of drug-likeness (QED) is 0.654. The number of rotatable bonds is 5. The molecule has 0 atom stereocenters. The summed E-state index contributed by atoms with van der Waals surface area (Å²) in [6, 6.07) is 6.27. The molecule has 3 aromatic rings. The van der Waals surface area contributed by atoms with Crippen molar-refractivity contribution in [3.05, 3.63) is 64.1 Å². The predicted molar refractivity (Wildman–Crippen MR) is 98.6 cm³/mol. The maximum atomic E-state index is 14.2. The molecule has 8 heteroatoms. The van der Waals surface area contributed by atoms with Crippen LogP contribution in [0.2, 0.25) is 5.02 Å². The highest BCUT2D eigenvalue weighted by Crippen LogP contribution is 2.36. The van der Waals surface area contributed by atoms with Gasteiger partial charge in [0.15, 0.2) is 0 Å². The molecule has 1 heterocycles. The third-order valence-corrected chi connectivity index (χ3v) is 4.52. The Kier molecular flexibility index (Phi) is 5.32. The molecule has 4 nitrogen and oxygen atoms in total. The average molecular weight is 396 g/mol. The van der Waals surface area contributed by atoms with Gasteiger partial charge in [0.1, 0.15) is 29.0 Å². The van der Waals surface area contributed by atoms with Crippen molar-refractivity contribution in [3.63, 3.8) is 0 Å². The van der Waals surface area contributed by atoms with Crippen LogP contribution in [0, 0.1) is 24.4 Å². The molecule has 1 aromatic heterocycles. The van der Waals surface area contributed by atoms with Crippen LogP contribution in [0.25, 0.3) is 11.1 Å². The van der Waals surface area contributed by atoms with Crippen molar-refractivity contribution < 1.29 is 17.9 Å². The second-order valence-electron chi connectivity index (χ2n) is 5.98. The van der Waals surface area contributed by atoms with Crippen molar-refractivity contribution in [3.8, 4) is 16.9 Å². The van der Waals surface area contributed by atoms with E-state index in [0.717, 1.165) is 12.1 Å². The number of benzene rings is 2. The van der Waals surface area contributed by atoms with E-state index in [0.29, 0.717) is 22.6 Å². The first-order valence-corrected chi connectivity index (χ1v) is 8.44. The second-order valence-corrected chi connectivity index (χ2v) is 6.39. The molecule has 0 radical (unpaired) electrons. The first kappa shape index (κ1) is 19.1. The van der Waals surface area contributed by atoms with E-state index in [1.54, 1.807) is 24.7 Å². The maximum absolute atomic E-state index is 14.2. The van der Waals surface area contributed by atoms with E-state index in [2.05, 4.69) is 10.4 Å². The fourth-order valence-corrected chi connectivity index (χ4v) is 3.18. The summed E-state index contributed by atoms with van der Waals surface area (Å²) in [7, 11) is 3.03. The fourth-order valence-electron chi connectivity index (χ4n) is 2.91. The van der Waals surface area contributed by atoms with Crippen LogP contribution >= 0.6 is 11.6 Å². The molecule has 0 saturated heterocycles. The predicted octanol–water partition coefficient (Wildman–Crippen LogP) is 5.09. The number of hydrogen-bond acceptors (Lipinski definition) is 3. The van der Waals surface area contributed by atoms with E-state index in [1.165, 1.54) is 19.2 Å². The monoisotopic (exact) mass is 395 g/mol. The van der Waals surface area contributed by atoms with E-state index < -0.39 is 17.5 Å². The summed E-state index contributed by atoms with van der Waals surface area (Å²) in [4.78, 5) is 0. The SMILES string of the molecule is COc1cc(F)c(CNc2c(-c3ccc(F)cc3Cl)c(C)nn2C)c(F)c1. The lowest BCUT2D eigenvalue weighted by atomic mass is 10.1. The van der Waals surface area contributed by atoms with Gasteiger partial charge in [0.2, 0.25) is 0 Å². The zero-order valence-corrected chi connectivity index (χ0v) is 15.7. The Morgan fingerprint density at radius 1 is 1.15 bits per heavy atom. The molecule has 2 aromatic carbocycles. The van der Waals surface area contributed by atoms with Crippen molar-refractivity contribution in [2.24, 2.45) is 7.05 Å². The normalized spacial score (nSPS) is 10.9. The average Bonchev–Trinajstić information content (AvgIpc) is 2.87. The first-order valence-electron chi connectivity index (χ1n) is 8.06. The molecule has 0 amide bonds. The summed E-state index contributed by atoms with van der Waals surface area (Å²) in [5.74, 6) is -1.29. The molecule has 0 spiro atoms. The second kappa shape index (κ2) is 7.52. The Morgan fingerprint density at radius 2 is 1.81 bits per heavy atom. The number of aryl methyl sites for hydroxylation is 2. The lowest BCUT2D eigenvalue weighted by molar-refractivity contribution is 0.405. The maximum Gasteiger partial charge on any atom is 0.134 e. The first-order chi connectivity index (χ1) is 12.8. The van der Waals surface area contributed by atoms with Gasteiger partial charge in [-0.3, -0.25) is 4.68 Å². The van der Waals surface area contributed by atoms with Crippen LogP contribution < -0.4 is 10.1 Å². The van der Waals surface area contributed by atoms with E-state index in [4.69, 9.17) is 16.3 Å². The Morgan fingerprint density at radius 3 is 2.41 bits per heavy atom. The van der Waals surface area contributed by atoms with Gasteiger partial charge in [-0.25, -0.2) is 13.2 Å². The smallest absolute Gasteiger partial charge is 0.134 e. The Hall–Kier alpha value is -2.67. The molecule has 1 N–H and O–H groups in total. The molecule has 0 fully saturated rings. The molecule has 0 unspecified atom stereocenters. The third-order valence-electron chi connectivity index (χ3n) is 4.21. The largest absolute Gasteiger partial charge is 0.497 e. The van der Waals surface area contributed by atoms with Gasteiger partial charge in [-0.1, -0.05) is 11.6 Å². The lowest BCUT2D eigenvalue weighted by Crippen LogP contribution is -2.09. The summed E-state index contributed by atoms with van der Waals surface area (Å²) in [6.07, 6.45) is 0. The van der Waals surface area contributed by atoms with Gasteiger partial charge in [-0.2, -0.15) is 5.10 Å². The number of anilines is 1. The van der Waals surface area contributed by atoms with Crippen molar-refractivity contribution in [2.45, 2.75) is 13.5 Å². The van der Waals surface area contributed by atoms with E-state index >= 15 is 0 Å². The van der Waals surface area contributed by atoms with Crippen LogP contribution in [-0.4, -0.2) is 16.9 Å². The molecule has 0 saturated carbocycles. The standard InChI is InChI=1S/C19H17ClF3N3O/c1-10-18(13-5-4-11(21)6-15(13)20)19(26(2)25-10)24-9-14-16(22)7-12(27-3)8-17(14)23/h4-8,24H,9H2,1-3H3. The van der Waals surface area contributed by atoms with Gasteiger partial charge in [0.25, 0.3) is 0 Å². The number of halogens is 4. The van der Waals surface area contributed by atoms with Gasteiger partial charge in [-0.05, 0) is 25.1 Å². The molecular weight excluding hydrogens is 379 g/mol. The van der Waals surface area contributed by atoms with Crippen LogP contribution in [-0.2, 0) is 13.6 Å². The Bertz CT molecular complexity index is 981. The summed E-state index contributed by atoms with van der Waals surface area (Å²) < 4.78 is 48.2. The summed E-state index contributed by atoms with van der Waals surface area (Å²) in [5.41, 5.74) is 1.72. The van der Waals surface area contributed by atoms with Crippen molar-refractivity contribution >= 4 is 17.4 Å². The Balaban J connectivity index is 1.97. The number of methoxy groups -OCH3 is 1. The summed E-state index contributed by atoms with van der Waals surface area (Å²) >= 11 is 6.18. The van der Waals surface area contributed by atoms with Crippen molar-refractivity contribution in [1.29, 1.82) is 0 Å². The molecule has 3 rings (SSSR count). The minimum atomic E-state index is -0.723. The molecule has 0 aliphatic rings. The number of hydrogen-bond donors (Lipinski definition) is 1. The van der Waals surface area contributed by atoms with Crippen LogP contribution in [0.3, 0.4) is 0 Å². The Labute approximate surface area is 159 Å². The van der Waals surface area contributed by atoms with Crippen LogP contribution in [0.1, 0.15) is 11.3 Å². The van der Waals surface area contributed by atoms with E-state index in [9.17, 15) is 13.2 Å². The highest BCUT2D eigenvalue weighted by molar-refractivity contribution is 6.33. The fraction of sp³-hybridized carbons (Fsp3) is 0.211. The number of nitrogens with one attached hydrogen (secondary N) is 1. The lowest BCUT2D eigenvalue weighted by Gasteiger charge is -2.13. The van der Waals surface area contributed by atoms with Crippen LogP contribution in [0.15, 0.2) is 30.3 Å². The number of nitrogens with zero attached hydrogens (tertiary/aromatic N) is 2. The van der Waals surface area contributed by atoms with Crippen molar-refractivity contribution in [1.82, 2.24) is 9.78 Å². The van der Waals surface area contributed by atoms with Gasteiger partial charge in [0, 0.05) is 42.4 Å². The topological polar surface area (TPSA) is 39.1 Å². The van der Waals surface area contributed by atoms with Crippen LogP contribution in [0.4, 0.5) is 19.0 Å². The minimum absolute atomic E-state index is 0.101. The van der Waals surface area contributed by atoms with E-state index in [1.807, 2.05) is 0 Å². The highest BCUT2D eigenvalue weighted by Gasteiger charge is 2.19. The van der Waals surface area contributed by atoms with Crippen molar-refractivity contribution in [2.75, 3.05) is 12.4 Å².